The zero-order valence-electron chi connectivity index (χ0n) is 13.7. The summed E-state index contributed by atoms with van der Waals surface area (Å²) in [5.74, 6) is -0.0795. The van der Waals surface area contributed by atoms with Crippen LogP contribution in [0.3, 0.4) is 0 Å². The molecule has 1 amide bonds. The van der Waals surface area contributed by atoms with Crippen LogP contribution in [-0.2, 0) is 9.53 Å². The molecule has 1 aromatic carbocycles. The molecule has 0 aromatic heterocycles. The molecule has 0 spiro atoms. The molecule has 1 aliphatic heterocycles. The van der Waals surface area contributed by atoms with Crippen LogP contribution in [0.1, 0.15) is 30.1 Å². The molecule has 6 nitrogen and oxygen atoms in total. The van der Waals surface area contributed by atoms with Gasteiger partial charge in [0.15, 0.2) is 0 Å². The third kappa shape index (κ3) is 4.71. The van der Waals surface area contributed by atoms with Crippen LogP contribution in [0.4, 0.5) is 5.69 Å². The number of piperidine rings is 1. The third-order valence-corrected chi connectivity index (χ3v) is 4.13. The van der Waals surface area contributed by atoms with E-state index in [-0.39, 0.29) is 23.7 Å². The topological polar surface area (TPSA) is 85.0 Å². The summed E-state index contributed by atoms with van der Waals surface area (Å²) in [6.45, 7) is 3.19. The number of alkyl halides is 1. The quantitative estimate of drug-likeness (QED) is 0.382. The van der Waals surface area contributed by atoms with Crippen molar-refractivity contribution < 1.29 is 14.3 Å². The van der Waals surface area contributed by atoms with Gasteiger partial charge < -0.3 is 15.4 Å². The number of aliphatic imine (C=N–C) groups is 1. The number of amidine groups is 1. The van der Waals surface area contributed by atoms with Gasteiger partial charge in [0.05, 0.1) is 24.1 Å². The highest BCUT2D eigenvalue weighted by Crippen LogP contribution is 2.21. The molecule has 0 bridgehead atoms. The van der Waals surface area contributed by atoms with E-state index in [2.05, 4.69) is 4.99 Å². The zero-order chi connectivity index (χ0) is 17.5. The van der Waals surface area contributed by atoms with Crippen LogP contribution in [0.2, 0.25) is 0 Å². The van der Waals surface area contributed by atoms with Gasteiger partial charge in [-0.15, -0.1) is 11.6 Å². The predicted octanol–water partition coefficient (Wildman–Crippen LogP) is 2.33. The van der Waals surface area contributed by atoms with E-state index in [1.54, 1.807) is 36.1 Å². The number of likely N-dealkylation sites (tertiary alicyclic amines) is 1. The largest absolute Gasteiger partial charge is 0.466 e. The predicted molar refractivity (Wildman–Crippen MR) is 93.7 cm³/mol. The average Bonchev–Trinajstić information content (AvgIpc) is 2.62. The zero-order valence-corrected chi connectivity index (χ0v) is 14.5. The van der Waals surface area contributed by atoms with E-state index in [9.17, 15) is 9.59 Å². The van der Waals surface area contributed by atoms with Crippen molar-refractivity contribution in [2.45, 2.75) is 19.8 Å². The number of carbonyl (C=O) groups excluding carboxylic acids is 2. The van der Waals surface area contributed by atoms with E-state index in [0.717, 1.165) is 12.8 Å². The van der Waals surface area contributed by atoms with Gasteiger partial charge >= 0.3 is 5.97 Å². The fraction of sp³-hybridized carbons (Fsp3) is 0.471. The number of hydrogen-bond acceptors (Lipinski definition) is 4. The Morgan fingerprint density at radius 3 is 2.71 bits per heavy atom. The van der Waals surface area contributed by atoms with Crippen LogP contribution in [0.15, 0.2) is 29.3 Å². The molecule has 2 rings (SSSR count). The molecule has 1 fully saturated rings. The first kappa shape index (κ1) is 18.3. The SMILES string of the molecule is CCOC(=O)C1CCCN(C(=O)c2ccc(N=C(N)CCl)cc2)C1. The smallest absolute Gasteiger partial charge is 0.310 e. The lowest BCUT2D eigenvalue weighted by molar-refractivity contribution is -0.149. The van der Waals surface area contributed by atoms with Crippen molar-refractivity contribution in [2.24, 2.45) is 16.6 Å². The fourth-order valence-electron chi connectivity index (χ4n) is 2.67. The lowest BCUT2D eigenvalue weighted by atomic mass is 9.97. The van der Waals surface area contributed by atoms with Crippen LogP contribution in [0.5, 0.6) is 0 Å². The highest BCUT2D eigenvalue weighted by molar-refractivity contribution is 6.28. The Hall–Kier alpha value is -2.08. The molecule has 0 radical (unpaired) electrons. The number of hydrogen-bond donors (Lipinski definition) is 1. The average molecular weight is 352 g/mol. The van der Waals surface area contributed by atoms with Gasteiger partial charge in [0.1, 0.15) is 5.84 Å². The molecule has 1 unspecified atom stereocenters. The van der Waals surface area contributed by atoms with Crippen LogP contribution < -0.4 is 5.73 Å². The van der Waals surface area contributed by atoms with Crippen molar-refractivity contribution in [3.05, 3.63) is 29.8 Å². The number of halogens is 1. The maximum atomic E-state index is 12.6. The lowest BCUT2D eigenvalue weighted by Crippen LogP contribution is -2.42. The van der Waals surface area contributed by atoms with Gasteiger partial charge in [0, 0.05) is 18.7 Å². The van der Waals surface area contributed by atoms with Crippen molar-refractivity contribution in [1.82, 2.24) is 4.90 Å². The Balaban J connectivity index is 2.04. The monoisotopic (exact) mass is 351 g/mol. The highest BCUT2D eigenvalue weighted by Gasteiger charge is 2.29. The first-order valence-electron chi connectivity index (χ1n) is 8.00. The summed E-state index contributed by atoms with van der Waals surface area (Å²) >= 11 is 5.59. The fourth-order valence-corrected chi connectivity index (χ4v) is 2.73. The first-order valence-corrected chi connectivity index (χ1v) is 8.53. The summed E-state index contributed by atoms with van der Waals surface area (Å²) in [5, 5.41) is 0. The Kier molecular flexibility index (Phi) is 6.61. The van der Waals surface area contributed by atoms with Crippen molar-refractivity contribution in [2.75, 3.05) is 25.6 Å². The standard InChI is InChI=1S/C17H22ClN3O3/c1-2-24-17(23)13-4-3-9-21(11-13)16(22)12-5-7-14(8-6-12)20-15(19)10-18/h5-8,13H,2-4,9-11H2,1H3,(H2,19,20). The molecule has 0 aliphatic carbocycles. The van der Waals surface area contributed by atoms with Crippen molar-refractivity contribution in [3.8, 4) is 0 Å². The first-order chi connectivity index (χ1) is 11.5. The minimum absolute atomic E-state index is 0.0927. The van der Waals surface area contributed by atoms with Crippen molar-refractivity contribution in [3.63, 3.8) is 0 Å². The van der Waals surface area contributed by atoms with E-state index < -0.39 is 0 Å². The minimum atomic E-state index is -0.241. The van der Waals surface area contributed by atoms with Gasteiger partial charge in [-0.2, -0.15) is 0 Å². The van der Waals surface area contributed by atoms with E-state index in [0.29, 0.717) is 36.8 Å². The maximum absolute atomic E-state index is 12.6. The number of ether oxygens (including phenoxy) is 1. The third-order valence-electron chi connectivity index (χ3n) is 3.85. The number of benzene rings is 1. The molecule has 1 aliphatic rings. The second-order valence-corrected chi connectivity index (χ2v) is 5.89. The number of rotatable bonds is 5. The van der Waals surface area contributed by atoms with Gasteiger partial charge in [0.25, 0.3) is 5.91 Å². The molecule has 2 N–H and O–H groups in total. The van der Waals surface area contributed by atoms with Gasteiger partial charge in [-0.25, -0.2) is 4.99 Å². The van der Waals surface area contributed by atoms with E-state index in [1.807, 2.05) is 0 Å². The summed E-state index contributed by atoms with van der Waals surface area (Å²) in [6, 6.07) is 6.85. The van der Waals surface area contributed by atoms with Crippen LogP contribution >= 0.6 is 11.6 Å². The summed E-state index contributed by atoms with van der Waals surface area (Å²) in [7, 11) is 0. The Bertz CT molecular complexity index is 616. The second kappa shape index (κ2) is 8.68. The molecule has 130 valence electrons. The molecule has 1 heterocycles. The highest BCUT2D eigenvalue weighted by atomic mass is 35.5. The number of amides is 1. The molecule has 1 saturated heterocycles. The van der Waals surface area contributed by atoms with E-state index >= 15 is 0 Å². The molecule has 1 atom stereocenters. The number of esters is 1. The molecular weight excluding hydrogens is 330 g/mol. The second-order valence-electron chi connectivity index (χ2n) is 5.63. The van der Waals surface area contributed by atoms with Crippen molar-refractivity contribution in [1.29, 1.82) is 0 Å². The van der Waals surface area contributed by atoms with Gasteiger partial charge in [0.2, 0.25) is 0 Å². The number of carbonyl (C=O) groups is 2. The van der Waals surface area contributed by atoms with Crippen molar-refractivity contribution >= 4 is 35.0 Å². The normalized spacial score (nSPS) is 18.3. The molecule has 7 heteroatoms. The van der Waals surface area contributed by atoms with E-state index in [1.165, 1.54) is 0 Å². The van der Waals surface area contributed by atoms with Crippen LogP contribution in [0.25, 0.3) is 0 Å². The summed E-state index contributed by atoms with van der Waals surface area (Å²) < 4.78 is 5.06. The molecule has 0 saturated carbocycles. The summed E-state index contributed by atoms with van der Waals surface area (Å²) in [6.07, 6.45) is 1.55. The number of nitrogens with zero attached hydrogens (tertiary/aromatic N) is 2. The molecule has 1 aromatic rings. The molecule has 24 heavy (non-hydrogen) atoms. The Morgan fingerprint density at radius 2 is 2.08 bits per heavy atom. The number of nitrogens with two attached hydrogens (primary N) is 1. The van der Waals surface area contributed by atoms with Gasteiger partial charge in [-0.3, -0.25) is 9.59 Å². The lowest BCUT2D eigenvalue weighted by Gasteiger charge is -2.31. The minimum Gasteiger partial charge on any atom is -0.466 e. The van der Waals surface area contributed by atoms with Crippen LogP contribution in [-0.4, -0.2) is 48.2 Å². The van der Waals surface area contributed by atoms with Gasteiger partial charge in [-0.1, -0.05) is 0 Å². The molecular formula is C17H22ClN3O3. The van der Waals surface area contributed by atoms with Crippen LogP contribution in [0, 0.1) is 5.92 Å². The maximum Gasteiger partial charge on any atom is 0.310 e. The van der Waals surface area contributed by atoms with E-state index in [4.69, 9.17) is 22.1 Å². The summed E-state index contributed by atoms with van der Waals surface area (Å²) in [4.78, 5) is 30.3. The van der Waals surface area contributed by atoms with Gasteiger partial charge in [-0.05, 0) is 44.0 Å². The summed E-state index contributed by atoms with van der Waals surface area (Å²) in [5.41, 5.74) is 6.79. The Labute approximate surface area is 146 Å². The Morgan fingerprint density at radius 1 is 1.38 bits per heavy atom.